The second-order valence-corrected chi connectivity index (χ2v) is 3.64. The second kappa shape index (κ2) is 2.77. The molecule has 2 rings (SSSR count). The van der Waals surface area contributed by atoms with Gasteiger partial charge in [0.15, 0.2) is 0 Å². The zero-order valence-electron chi connectivity index (χ0n) is 7.13. The van der Waals surface area contributed by atoms with Gasteiger partial charge in [-0.3, -0.25) is 0 Å². The normalized spacial score (nSPS) is 32.7. The molecule has 2 N–H and O–H groups in total. The Balaban J connectivity index is 2.22. The molecule has 0 unspecified atom stereocenters. The average molecular weight is 183 g/mol. The maximum absolute atomic E-state index is 13.8. The predicted octanol–water partition coefficient (Wildman–Crippen LogP) is 2.11. The standard InChI is InChI=1S/C10H11F2N/c11-8-3-1-7(2-4-8)10(12)5-9(13)6-10/h1-4,9H,5-6,13H2. The van der Waals surface area contributed by atoms with Gasteiger partial charge in [-0.05, 0) is 17.7 Å². The van der Waals surface area contributed by atoms with E-state index >= 15 is 0 Å². The second-order valence-electron chi connectivity index (χ2n) is 3.64. The first kappa shape index (κ1) is 8.63. The van der Waals surface area contributed by atoms with Gasteiger partial charge in [0.05, 0.1) is 0 Å². The molecule has 13 heavy (non-hydrogen) atoms. The third-order valence-corrected chi connectivity index (χ3v) is 2.53. The molecule has 3 heteroatoms. The highest BCUT2D eigenvalue weighted by atomic mass is 19.1. The molecule has 0 aliphatic heterocycles. The Bertz CT molecular complexity index is 301. The number of hydrogen-bond donors (Lipinski definition) is 1. The Morgan fingerprint density at radius 2 is 1.77 bits per heavy atom. The number of alkyl halides is 1. The van der Waals surface area contributed by atoms with E-state index in [0.29, 0.717) is 18.4 Å². The summed E-state index contributed by atoms with van der Waals surface area (Å²) in [4.78, 5) is 0. The van der Waals surface area contributed by atoms with Crippen molar-refractivity contribution in [1.82, 2.24) is 0 Å². The first-order valence-corrected chi connectivity index (χ1v) is 4.31. The zero-order chi connectivity index (χ0) is 9.47. The summed E-state index contributed by atoms with van der Waals surface area (Å²) in [6.45, 7) is 0. The molecule has 0 radical (unpaired) electrons. The molecule has 1 saturated carbocycles. The molecule has 0 spiro atoms. The van der Waals surface area contributed by atoms with Crippen LogP contribution in [-0.2, 0) is 5.67 Å². The SMILES string of the molecule is NC1CC(F)(c2ccc(F)cc2)C1. The van der Waals surface area contributed by atoms with Crippen molar-refractivity contribution in [3.63, 3.8) is 0 Å². The molecule has 1 nitrogen and oxygen atoms in total. The first-order chi connectivity index (χ1) is 6.10. The Hall–Kier alpha value is -0.960. The zero-order valence-corrected chi connectivity index (χ0v) is 7.13. The van der Waals surface area contributed by atoms with E-state index in [1.54, 1.807) is 0 Å². The van der Waals surface area contributed by atoms with Crippen molar-refractivity contribution in [2.45, 2.75) is 24.6 Å². The minimum absolute atomic E-state index is 0.0462. The fourth-order valence-corrected chi connectivity index (χ4v) is 1.76. The van der Waals surface area contributed by atoms with Crippen molar-refractivity contribution in [2.75, 3.05) is 0 Å². The Labute approximate surface area is 75.6 Å². The Morgan fingerprint density at radius 1 is 1.23 bits per heavy atom. The Kier molecular flexibility index (Phi) is 1.84. The summed E-state index contributed by atoms with van der Waals surface area (Å²) in [5.41, 5.74) is 4.73. The lowest BCUT2D eigenvalue weighted by molar-refractivity contribution is 0.0405. The number of rotatable bonds is 1. The fraction of sp³-hybridized carbons (Fsp3) is 0.400. The largest absolute Gasteiger partial charge is 0.327 e. The monoisotopic (exact) mass is 183 g/mol. The topological polar surface area (TPSA) is 26.0 Å². The van der Waals surface area contributed by atoms with Crippen LogP contribution in [0.5, 0.6) is 0 Å². The van der Waals surface area contributed by atoms with Crippen molar-refractivity contribution in [3.05, 3.63) is 35.6 Å². The summed E-state index contributed by atoms with van der Waals surface area (Å²) in [6, 6.07) is 5.48. The third-order valence-electron chi connectivity index (χ3n) is 2.53. The van der Waals surface area contributed by atoms with Crippen LogP contribution in [0.1, 0.15) is 18.4 Å². The summed E-state index contributed by atoms with van der Waals surface area (Å²) in [5, 5.41) is 0. The van der Waals surface area contributed by atoms with Gasteiger partial charge in [-0.25, -0.2) is 8.78 Å². The highest BCUT2D eigenvalue weighted by molar-refractivity contribution is 5.26. The summed E-state index contributed by atoms with van der Waals surface area (Å²) in [7, 11) is 0. The number of hydrogen-bond acceptors (Lipinski definition) is 1. The molecule has 1 fully saturated rings. The van der Waals surface area contributed by atoms with Gasteiger partial charge in [-0.15, -0.1) is 0 Å². The molecule has 70 valence electrons. The summed E-state index contributed by atoms with van der Waals surface area (Å²) in [5.74, 6) is -0.337. The molecule has 0 aromatic heterocycles. The lowest BCUT2D eigenvalue weighted by Crippen LogP contribution is -2.46. The number of nitrogens with two attached hydrogens (primary N) is 1. The van der Waals surface area contributed by atoms with Gasteiger partial charge in [0.2, 0.25) is 0 Å². The molecule has 1 aliphatic rings. The number of benzene rings is 1. The molecular formula is C10H11F2N. The van der Waals surface area contributed by atoms with Crippen LogP contribution < -0.4 is 5.73 Å². The van der Waals surface area contributed by atoms with Crippen molar-refractivity contribution in [1.29, 1.82) is 0 Å². The minimum Gasteiger partial charge on any atom is -0.327 e. The van der Waals surface area contributed by atoms with E-state index in [1.807, 2.05) is 0 Å². The maximum atomic E-state index is 13.8. The van der Waals surface area contributed by atoms with Crippen LogP contribution in [0.3, 0.4) is 0 Å². The van der Waals surface area contributed by atoms with E-state index < -0.39 is 5.67 Å². The van der Waals surface area contributed by atoms with Crippen LogP contribution in [0, 0.1) is 5.82 Å². The third kappa shape index (κ3) is 1.44. The predicted molar refractivity (Wildman–Crippen MR) is 46.4 cm³/mol. The minimum atomic E-state index is -1.31. The Morgan fingerprint density at radius 3 is 2.23 bits per heavy atom. The van der Waals surface area contributed by atoms with E-state index in [0.717, 1.165) is 0 Å². The van der Waals surface area contributed by atoms with Gasteiger partial charge in [0.25, 0.3) is 0 Å². The van der Waals surface area contributed by atoms with E-state index in [2.05, 4.69) is 0 Å². The van der Waals surface area contributed by atoms with Crippen molar-refractivity contribution in [2.24, 2.45) is 5.73 Å². The van der Waals surface area contributed by atoms with Crippen molar-refractivity contribution >= 4 is 0 Å². The smallest absolute Gasteiger partial charge is 0.139 e. The molecular weight excluding hydrogens is 172 g/mol. The highest BCUT2D eigenvalue weighted by Gasteiger charge is 2.44. The van der Waals surface area contributed by atoms with Crippen LogP contribution in [0.15, 0.2) is 24.3 Å². The van der Waals surface area contributed by atoms with Crippen LogP contribution in [0.25, 0.3) is 0 Å². The lowest BCUT2D eigenvalue weighted by Gasteiger charge is -2.39. The average Bonchev–Trinajstić information content (AvgIpc) is 2.03. The van der Waals surface area contributed by atoms with Gasteiger partial charge in [0.1, 0.15) is 11.5 Å². The van der Waals surface area contributed by atoms with Gasteiger partial charge in [0, 0.05) is 18.9 Å². The molecule has 0 heterocycles. The van der Waals surface area contributed by atoms with Crippen LogP contribution >= 0.6 is 0 Å². The highest BCUT2D eigenvalue weighted by Crippen LogP contribution is 2.44. The maximum Gasteiger partial charge on any atom is 0.139 e. The molecule has 1 aromatic carbocycles. The van der Waals surface area contributed by atoms with Gasteiger partial charge < -0.3 is 5.73 Å². The van der Waals surface area contributed by atoms with E-state index in [1.165, 1.54) is 24.3 Å². The number of halogens is 2. The molecule has 1 aliphatic carbocycles. The van der Waals surface area contributed by atoms with Gasteiger partial charge in [-0.2, -0.15) is 0 Å². The molecule has 0 atom stereocenters. The van der Waals surface area contributed by atoms with Crippen molar-refractivity contribution in [3.8, 4) is 0 Å². The molecule has 0 saturated heterocycles. The fourth-order valence-electron chi connectivity index (χ4n) is 1.76. The van der Waals surface area contributed by atoms with Gasteiger partial charge in [-0.1, -0.05) is 12.1 Å². The summed E-state index contributed by atoms with van der Waals surface area (Å²) in [6.07, 6.45) is 0.692. The molecule has 1 aromatic rings. The first-order valence-electron chi connectivity index (χ1n) is 4.31. The van der Waals surface area contributed by atoms with E-state index in [9.17, 15) is 8.78 Å². The van der Waals surface area contributed by atoms with Crippen LogP contribution in [0.4, 0.5) is 8.78 Å². The van der Waals surface area contributed by atoms with E-state index in [4.69, 9.17) is 5.73 Å². The lowest BCUT2D eigenvalue weighted by atomic mass is 9.73. The summed E-state index contributed by atoms with van der Waals surface area (Å²) >= 11 is 0. The summed E-state index contributed by atoms with van der Waals surface area (Å²) < 4.78 is 26.3. The van der Waals surface area contributed by atoms with Crippen molar-refractivity contribution < 1.29 is 8.78 Å². The quantitative estimate of drug-likeness (QED) is 0.709. The molecule has 0 amide bonds. The van der Waals surface area contributed by atoms with E-state index in [-0.39, 0.29) is 11.9 Å². The van der Waals surface area contributed by atoms with Crippen LogP contribution in [-0.4, -0.2) is 6.04 Å². The van der Waals surface area contributed by atoms with Crippen LogP contribution in [0.2, 0.25) is 0 Å². The molecule has 0 bridgehead atoms. The van der Waals surface area contributed by atoms with Gasteiger partial charge >= 0.3 is 0 Å².